The first kappa shape index (κ1) is 18.9. The van der Waals surface area contributed by atoms with E-state index in [0.29, 0.717) is 12.2 Å². The van der Waals surface area contributed by atoms with Crippen LogP contribution >= 0.6 is 0 Å². The van der Waals surface area contributed by atoms with E-state index in [1.807, 2.05) is 25.1 Å². The highest BCUT2D eigenvalue weighted by Gasteiger charge is 2.18. The van der Waals surface area contributed by atoms with Gasteiger partial charge in [-0.05, 0) is 31.2 Å². The van der Waals surface area contributed by atoms with Crippen molar-refractivity contribution < 1.29 is 9.59 Å². The Morgan fingerprint density at radius 3 is 2.22 bits per heavy atom. The van der Waals surface area contributed by atoms with Crippen LogP contribution in [0.25, 0.3) is 0 Å². The summed E-state index contributed by atoms with van der Waals surface area (Å²) >= 11 is 0. The zero-order chi connectivity index (χ0) is 19.1. The summed E-state index contributed by atoms with van der Waals surface area (Å²) in [4.78, 5) is 28.5. The number of benzene rings is 2. The molecule has 0 aliphatic carbocycles. The molecule has 1 fully saturated rings. The van der Waals surface area contributed by atoms with Crippen molar-refractivity contribution in [2.75, 3.05) is 49.5 Å². The Labute approximate surface area is 160 Å². The fourth-order valence-electron chi connectivity index (χ4n) is 3.10. The summed E-state index contributed by atoms with van der Waals surface area (Å²) in [5, 5.41) is 5.31. The topological polar surface area (TPSA) is 64.7 Å². The number of rotatable bonds is 5. The quantitative estimate of drug-likeness (QED) is 0.793. The number of carbonyl (C=O) groups is 2. The van der Waals surface area contributed by atoms with Gasteiger partial charge in [0.05, 0.1) is 0 Å². The van der Waals surface area contributed by atoms with Gasteiger partial charge in [0.15, 0.2) is 0 Å². The van der Waals surface area contributed by atoms with Gasteiger partial charge in [-0.2, -0.15) is 0 Å². The summed E-state index contributed by atoms with van der Waals surface area (Å²) in [6.07, 6.45) is 0. The second kappa shape index (κ2) is 9.19. The molecule has 0 saturated carbocycles. The minimum absolute atomic E-state index is 0.464. The van der Waals surface area contributed by atoms with Crippen molar-refractivity contribution in [1.29, 1.82) is 0 Å². The zero-order valence-corrected chi connectivity index (χ0v) is 15.6. The minimum atomic E-state index is -0.632. The lowest BCUT2D eigenvalue weighted by molar-refractivity contribution is -0.136. The van der Waals surface area contributed by atoms with Crippen molar-refractivity contribution >= 4 is 23.2 Å². The molecule has 2 aromatic rings. The van der Waals surface area contributed by atoms with Gasteiger partial charge in [0, 0.05) is 50.6 Å². The highest BCUT2D eigenvalue weighted by molar-refractivity contribution is 6.39. The molecule has 0 bridgehead atoms. The number of hydrogen-bond donors (Lipinski definition) is 2. The summed E-state index contributed by atoms with van der Waals surface area (Å²) in [6.45, 7) is 6.99. The molecular formula is C21H26N4O2. The van der Waals surface area contributed by atoms with Crippen LogP contribution in [0.5, 0.6) is 0 Å². The highest BCUT2D eigenvalue weighted by Crippen LogP contribution is 2.15. The Bertz CT molecular complexity index is 754. The van der Waals surface area contributed by atoms with Gasteiger partial charge in [-0.25, -0.2) is 0 Å². The number of aryl methyl sites for hydroxylation is 1. The highest BCUT2D eigenvalue weighted by atomic mass is 16.2. The fraction of sp³-hybridized carbons (Fsp3) is 0.333. The van der Waals surface area contributed by atoms with Crippen LogP contribution in [0.3, 0.4) is 0 Å². The predicted molar refractivity (Wildman–Crippen MR) is 108 cm³/mol. The second-order valence-corrected chi connectivity index (χ2v) is 6.74. The molecule has 2 amide bonds. The Kier molecular flexibility index (Phi) is 6.44. The first-order chi connectivity index (χ1) is 13.1. The molecule has 1 heterocycles. The molecule has 6 nitrogen and oxygen atoms in total. The van der Waals surface area contributed by atoms with Gasteiger partial charge in [0.25, 0.3) is 0 Å². The number of piperazine rings is 1. The normalized spacial score (nSPS) is 14.6. The molecule has 1 aliphatic heterocycles. The van der Waals surface area contributed by atoms with Crippen molar-refractivity contribution in [3.05, 3.63) is 60.2 Å². The Morgan fingerprint density at radius 1 is 0.889 bits per heavy atom. The number of nitrogens with one attached hydrogen (secondary N) is 2. The molecular weight excluding hydrogens is 340 g/mol. The number of amides is 2. The molecule has 142 valence electrons. The van der Waals surface area contributed by atoms with Gasteiger partial charge in [-0.15, -0.1) is 0 Å². The fourth-order valence-corrected chi connectivity index (χ4v) is 3.10. The molecule has 0 radical (unpaired) electrons. The summed E-state index contributed by atoms with van der Waals surface area (Å²) < 4.78 is 0. The molecule has 2 N–H and O–H groups in total. The third-order valence-corrected chi connectivity index (χ3v) is 4.72. The lowest BCUT2D eigenvalue weighted by Gasteiger charge is -2.36. The first-order valence-electron chi connectivity index (χ1n) is 9.30. The Hall–Kier alpha value is -2.86. The van der Waals surface area contributed by atoms with E-state index < -0.39 is 11.8 Å². The van der Waals surface area contributed by atoms with E-state index in [-0.39, 0.29) is 0 Å². The first-order valence-corrected chi connectivity index (χ1v) is 9.30. The molecule has 0 unspecified atom stereocenters. The van der Waals surface area contributed by atoms with Crippen LogP contribution in [0.15, 0.2) is 54.6 Å². The third kappa shape index (κ3) is 5.56. The third-order valence-electron chi connectivity index (χ3n) is 4.72. The molecule has 1 saturated heterocycles. The molecule has 6 heteroatoms. The van der Waals surface area contributed by atoms with Gasteiger partial charge in [0.1, 0.15) is 0 Å². The van der Waals surface area contributed by atoms with Gasteiger partial charge < -0.3 is 15.5 Å². The van der Waals surface area contributed by atoms with Crippen LogP contribution < -0.4 is 15.5 Å². The second-order valence-electron chi connectivity index (χ2n) is 6.74. The van der Waals surface area contributed by atoms with Gasteiger partial charge in [-0.3, -0.25) is 14.5 Å². The number of anilines is 2. The standard InChI is InChI=1S/C21H26N4O2/c1-17-7-9-18(10-8-17)23-21(27)20(26)22-11-12-24-13-15-25(16-14-24)19-5-3-2-4-6-19/h2-10H,11-16H2,1H3,(H,22,26)(H,23,27). The molecule has 2 aromatic carbocycles. The van der Waals surface area contributed by atoms with Crippen molar-refractivity contribution in [3.63, 3.8) is 0 Å². The average molecular weight is 366 g/mol. The smallest absolute Gasteiger partial charge is 0.313 e. The number of para-hydroxylation sites is 1. The van der Waals surface area contributed by atoms with E-state index in [0.717, 1.165) is 38.3 Å². The van der Waals surface area contributed by atoms with E-state index in [2.05, 4.69) is 44.7 Å². The average Bonchev–Trinajstić information content (AvgIpc) is 2.71. The minimum Gasteiger partial charge on any atom is -0.369 e. The van der Waals surface area contributed by atoms with Crippen molar-refractivity contribution in [2.45, 2.75) is 6.92 Å². The molecule has 1 aliphatic rings. The Balaban J connectivity index is 1.35. The summed E-state index contributed by atoms with van der Waals surface area (Å²) in [7, 11) is 0. The van der Waals surface area contributed by atoms with E-state index in [9.17, 15) is 9.59 Å². The van der Waals surface area contributed by atoms with Crippen LogP contribution in [0.4, 0.5) is 11.4 Å². The van der Waals surface area contributed by atoms with Crippen molar-refractivity contribution in [3.8, 4) is 0 Å². The number of carbonyl (C=O) groups excluding carboxylic acids is 2. The van der Waals surface area contributed by atoms with E-state index in [4.69, 9.17) is 0 Å². The molecule has 3 rings (SSSR count). The van der Waals surface area contributed by atoms with E-state index in [1.54, 1.807) is 12.1 Å². The van der Waals surface area contributed by atoms with Gasteiger partial charge in [0.2, 0.25) is 0 Å². The maximum Gasteiger partial charge on any atom is 0.313 e. The van der Waals surface area contributed by atoms with Crippen LogP contribution in [0.1, 0.15) is 5.56 Å². The van der Waals surface area contributed by atoms with Crippen LogP contribution in [-0.4, -0.2) is 56.0 Å². The Morgan fingerprint density at radius 2 is 1.56 bits per heavy atom. The van der Waals surface area contributed by atoms with Gasteiger partial charge >= 0.3 is 11.8 Å². The largest absolute Gasteiger partial charge is 0.369 e. The predicted octanol–water partition coefficient (Wildman–Crippen LogP) is 1.87. The van der Waals surface area contributed by atoms with Crippen LogP contribution in [-0.2, 0) is 9.59 Å². The maximum atomic E-state index is 11.9. The summed E-state index contributed by atoms with van der Waals surface area (Å²) in [6, 6.07) is 17.7. The van der Waals surface area contributed by atoms with Crippen molar-refractivity contribution in [2.24, 2.45) is 0 Å². The maximum absolute atomic E-state index is 11.9. The van der Waals surface area contributed by atoms with E-state index in [1.165, 1.54) is 5.69 Å². The molecule has 0 spiro atoms. The summed E-state index contributed by atoms with van der Waals surface area (Å²) in [5.41, 5.74) is 2.97. The van der Waals surface area contributed by atoms with Crippen LogP contribution in [0.2, 0.25) is 0 Å². The van der Waals surface area contributed by atoms with Gasteiger partial charge in [-0.1, -0.05) is 35.9 Å². The molecule has 27 heavy (non-hydrogen) atoms. The number of hydrogen-bond acceptors (Lipinski definition) is 4. The lowest BCUT2D eigenvalue weighted by Crippen LogP contribution is -2.49. The lowest BCUT2D eigenvalue weighted by atomic mass is 10.2. The monoisotopic (exact) mass is 366 g/mol. The zero-order valence-electron chi connectivity index (χ0n) is 15.6. The molecule has 0 atom stereocenters. The molecule has 0 aromatic heterocycles. The number of nitrogens with zero attached hydrogens (tertiary/aromatic N) is 2. The van der Waals surface area contributed by atoms with Crippen molar-refractivity contribution in [1.82, 2.24) is 10.2 Å². The SMILES string of the molecule is Cc1ccc(NC(=O)C(=O)NCCN2CCN(c3ccccc3)CC2)cc1. The summed E-state index contributed by atoms with van der Waals surface area (Å²) in [5.74, 6) is -1.23. The van der Waals surface area contributed by atoms with Crippen LogP contribution in [0, 0.1) is 6.92 Å². The van der Waals surface area contributed by atoms with E-state index >= 15 is 0 Å².